The van der Waals surface area contributed by atoms with E-state index < -0.39 is 48.0 Å². The topological polar surface area (TPSA) is 125 Å². The number of carbonyl (C=O) groups is 2. The van der Waals surface area contributed by atoms with Crippen LogP contribution in [0.1, 0.15) is 63.1 Å². The van der Waals surface area contributed by atoms with Gasteiger partial charge in [0.15, 0.2) is 6.23 Å². The van der Waals surface area contributed by atoms with Crippen LogP contribution in [0, 0.1) is 18.7 Å². The average Bonchev–Trinajstić information content (AvgIpc) is 3.14. The van der Waals surface area contributed by atoms with Crippen LogP contribution in [0.5, 0.6) is 0 Å². The Balaban J connectivity index is 1.30. The molecule has 9 nitrogen and oxygen atoms in total. The van der Waals surface area contributed by atoms with Gasteiger partial charge in [-0.05, 0) is 55.5 Å². The van der Waals surface area contributed by atoms with Crippen LogP contribution in [-0.2, 0) is 12.0 Å². The number of hydrogen-bond acceptors (Lipinski definition) is 6. The average molecular weight is 500 g/mol. The van der Waals surface area contributed by atoms with E-state index in [1.165, 1.54) is 30.5 Å². The zero-order valence-electron chi connectivity index (χ0n) is 19.2. The molecule has 36 heavy (non-hydrogen) atoms. The number of benzene rings is 1. The van der Waals surface area contributed by atoms with Gasteiger partial charge in [0.05, 0.1) is 11.7 Å². The molecule has 1 aliphatic heterocycles. The summed E-state index contributed by atoms with van der Waals surface area (Å²) in [5.74, 6) is -4.24. The Bertz CT molecular complexity index is 1360. The predicted octanol–water partition coefficient (Wildman–Crippen LogP) is 2.84. The quantitative estimate of drug-likeness (QED) is 0.292. The number of fused-ring (bicyclic) bond motifs is 3. The molecule has 0 saturated heterocycles. The molecule has 3 aliphatic rings. The number of aromatic nitrogens is 4. The highest BCUT2D eigenvalue weighted by molar-refractivity contribution is 6.09. The molecule has 0 spiro atoms. The summed E-state index contributed by atoms with van der Waals surface area (Å²) in [6.07, 6.45) is -0.328. The number of nitrogens with one attached hydrogen (secondary N) is 3. The van der Waals surface area contributed by atoms with Crippen molar-refractivity contribution in [2.45, 2.75) is 56.3 Å². The highest BCUT2D eigenvalue weighted by Crippen LogP contribution is 2.55. The van der Waals surface area contributed by atoms with Crippen molar-refractivity contribution in [2.24, 2.45) is 5.92 Å². The number of anilines is 1. The van der Waals surface area contributed by atoms with Crippen molar-refractivity contribution in [3.8, 4) is 0 Å². The van der Waals surface area contributed by atoms with E-state index in [1.54, 1.807) is 6.92 Å². The Morgan fingerprint density at radius 2 is 1.97 bits per heavy atom. The number of halogens is 3. The molecule has 188 valence electrons. The van der Waals surface area contributed by atoms with Gasteiger partial charge in [0, 0.05) is 35.8 Å². The number of Topliss-reactive ketones (excluding diaryl/α,β-unsaturated/α-hetero) is 1. The number of aromatic amines is 1. The van der Waals surface area contributed by atoms with Crippen molar-refractivity contribution in [1.82, 2.24) is 25.3 Å². The summed E-state index contributed by atoms with van der Waals surface area (Å²) in [5, 5.41) is 26.2. The largest absolute Gasteiger partial charge is 0.371 e. The lowest BCUT2D eigenvalue weighted by molar-refractivity contribution is -0.148. The highest BCUT2D eigenvalue weighted by atomic mass is 19.3. The number of alkyl halides is 2. The van der Waals surface area contributed by atoms with Gasteiger partial charge in [0.2, 0.25) is 5.78 Å². The first-order valence-corrected chi connectivity index (χ1v) is 11.6. The van der Waals surface area contributed by atoms with Crippen LogP contribution >= 0.6 is 0 Å². The molecule has 0 bridgehead atoms. The number of amides is 1. The minimum Gasteiger partial charge on any atom is -0.371 e. The van der Waals surface area contributed by atoms with Crippen molar-refractivity contribution < 1.29 is 27.9 Å². The lowest BCUT2D eigenvalue weighted by Crippen LogP contribution is -2.62. The molecule has 3 heterocycles. The number of carbonyl (C=O) groups excluding carboxylic acids is 2. The molecule has 4 N–H and O–H groups in total. The molecular weight excluding hydrogens is 477 g/mol. The zero-order valence-corrected chi connectivity index (χ0v) is 19.2. The van der Waals surface area contributed by atoms with Crippen LogP contribution < -0.4 is 10.6 Å². The van der Waals surface area contributed by atoms with Gasteiger partial charge in [-0.2, -0.15) is 15.4 Å². The Morgan fingerprint density at radius 1 is 1.25 bits per heavy atom. The molecule has 2 aliphatic carbocycles. The van der Waals surface area contributed by atoms with Gasteiger partial charge >= 0.3 is 0 Å². The second kappa shape index (κ2) is 7.74. The van der Waals surface area contributed by atoms with E-state index in [9.17, 15) is 27.9 Å². The molecule has 0 radical (unpaired) electrons. The molecule has 3 atom stereocenters. The normalized spacial score (nSPS) is 23.4. The van der Waals surface area contributed by atoms with Crippen LogP contribution in [0.3, 0.4) is 0 Å². The molecule has 12 heteroatoms. The number of rotatable bonds is 7. The zero-order chi connectivity index (χ0) is 25.4. The number of nitrogens with zero attached hydrogens (tertiary/aromatic N) is 3. The maximum absolute atomic E-state index is 13.9. The van der Waals surface area contributed by atoms with Gasteiger partial charge in [-0.25, -0.2) is 13.2 Å². The van der Waals surface area contributed by atoms with Crippen molar-refractivity contribution >= 4 is 17.4 Å². The van der Waals surface area contributed by atoms with E-state index >= 15 is 0 Å². The molecule has 3 aromatic rings. The van der Waals surface area contributed by atoms with Gasteiger partial charge < -0.3 is 15.0 Å². The highest BCUT2D eigenvalue weighted by Gasteiger charge is 2.60. The first-order chi connectivity index (χ1) is 17.1. The number of ketones is 1. The third-order valence-corrected chi connectivity index (χ3v) is 7.47. The smallest absolute Gasteiger partial charge is 0.272 e. The lowest BCUT2D eigenvalue weighted by atomic mass is 9.71. The molecule has 2 saturated carbocycles. The number of hydrogen-bond donors (Lipinski definition) is 4. The predicted molar refractivity (Wildman–Crippen MR) is 120 cm³/mol. The van der Waals surface area contributed by atoms with Gasteiger partial charge in [0.25, 0.3) is 11.8 Å². The van der Waals surface area contributed by atoms with E-state index in [2.05, 4.69) is 26.0 Å². The third kappa shape index (κ3) is 3.54. The molecular formula is C24H23F3N6O3. The van der Waals surface area contributed by atoms with E-state index in [4.69, 9.17) is 0 Å². The van der Waals surface area contributed by atoms with Crippen LogP contribution in [0.15, 0.2) is 30.5 Å². The second-order valence-electron chi connectivity index (χ2n) is 9.95. The molecule has 2 aromatic heterocycles. The minimum atomic E-state index is -2.96. The fourth-order valence-electron chi connectivity index (χ4n) is 5.77. The van der Waals surface area contributed by atoms with Crippen LogP contribution in [0.2, 0.25) is 0 Å². The van der Waals surface area contributed by atoms with Gasteiger partial charge in [-0.3, -0.25) is 14.9 Å². The standard InChI is InChI=1S/C24H23F3N6O3/c1-11-18(20(34)22(36)30-23(9-24(26,27)10-23)17-8-28-32-31-17)16-7-12-6-15(12)33(16)19(11)21(35)29-14-4-2-13(25)3-5-14/h2-5,8,12,15,22,30,36H,6-7,9-10H2,1H3,(H,29,35)(H,28,31,32)/t12-,15-,22?/m1/s1. The summed E-state index contributed by atoms with van der Waals surface area (Å²) in [4.78, 5) is 26.7. The fourth-order valence-corrected chi connectivity index (χ4v) is 5.77. The molecule has 6 rings (SSSR count). The van der Waals surface area contributed by atoms with Crippen LogP contribution in [0.25, 0.3) is 0 Å². The summed E-state index contributed by atoms with van der Waals surface area (Å²) < 4.78 is 42.8. The van der Waals surface area contributed by atoms with Gasteiger partial charge in [0.1, 0.15) is 17.2 Å². The van der Waals surface area contributed by atoms with Crippen molar-refractivity contribution in [1.29, 1.82) is 0 Å². The van der Waals surface area contributed by atoms with Gasteiger partial charge in [-0.1, -0.05) is 0 Å². The summed E-state index contributed by atoms with van der Waals surface area (Å²) in [6.45, 7) is 1.63. The third-order valence-electron chi connectivity index (χ3n) is 7.47. The fraction of sp³-hybridized carbons (Fsp3) is 0.417. The lowest BCUT2D eigenvalue weighted by Gasteiger charge is -2.47. The Hall–Kier alpha value is -3.51. The summed E-state index contributed by atoms with van der Waals surface area (Å²) >= 11 is 0. The first kappa shape index (κ1) is 22.9. The second-order valence-corrected chi connectivity index (χ2v) is 9.95. The maximum Gasteiger partial charge on any atom is 0.272 e. The van der Waals surface area contributed by atoms with Crippen molar-refractivity contribution in [3.63, 3.8) is 0 Å². The molecule has 1 aromatic carbocycles. The minimum absolute atomic E-state index is 0.0890. The molecule has 2 fully saturated rings. The van der Waals surface area contributed by atoms with E-state index in [1.807, 2.05) is 4.57 Å². The monoisotopic (exact) mass is 500 g/mol. The maximum atomic E-state index is 13.9. The SMILES string of the molecule is Cc1c(C(=O)C(O)NC2(c3cn[nH]n3)CC(F)(F)C2)c2n(c1C(=O)Nc1ccc(F)cc1)[C@@H]1C[C@@H]1C2. The number of aliphatic hydroxyl groups is 1. The van der Waals surface area contributed by atoms with Crippen molar-refractivity contribution in [2.75, 3.05) is 5.32 Å². The van der Waals surface area contributed by atoms with E-state index in [0.717, 1.165) is 6.42 Å². The molecule has 1 amide bonds. The molecule has 1 unspecified atom stereocenters. The Morgan fingerprint density at radius 3 is 2.61 bits per heavy atom. The number of aliphatic hydroxyl groups excluding tert-OH is 1. The van der Waals surface area contributed by atoms with Crippen molar-refractivity contribution in [3.05, 3.63) is 64.5 Å². The Kier molecular flexibility index (Phi) is 4.93. The summed E-state index contributed by atoms with van der Waals surface area (Å²) in [6, 6.07) is 5.43. The first-order valence-electron chi connectivity index (χ1n) is 11.6. The van der Waals surface area contributed by atoms with E-state index in [0.29, 0.717) is 35.0 Å². The van der Waals surface area contributed by atoms with E-state index in [-0.39, 0.29) is 17.3 Å². The van der Waals surface area contributed by atoms with Crippen LogP contribution in [0.4, 0.5) is 18.9 Å². The van der Waals surface area contributed by atoms with Crippen LogP contribution in [-0.4, -0.2) is 48.9 Å². The Labute approximate surface area is 203 Å². The van der Waals surface area contributed by atoms with Gasteiger partial charge in [-0.15, -0.1) is 0 Å². The number of H-pyrrole nitrogens is 1. The summed E-state index contributed by atoms with van der Waals surface area (Å²) in [7, 11) is 0. The summed E-state index contributed by atoms with van der Waals surface area (Å²) in [5.41, 5.74) is 0.738.